The topological polar surface area (TPSA) is 175 Å². The Morgan fingerprint density at radius 2 is 0.772 bits per heavy atom. The molecule has 1 aliphatic rings. The molecule has 3 N–H and O–H groups in total. The van der Waals surface area contributed by atoms with E-state index in [1.807, 2.05) is 12.2 Å². The smallest absolute Gasteiger partial charge is 0.335 e. The van der Waals surface area contributed by atoms with E-state index in [9.17, 15) is 34.5 Å². The van der Waals surface area contributed by atoms with Gasteiger partial charge in [-0.05, 0) is 135 Å². The minimum absolute atomic E-state index is 0.0346. The van der Waals surface area contributed by atoms with Crippen LogP contribution in [0.3, 0.4) is 0 Å². The highest BCUT2D eigenvalue weighted by molar-refractivity contribution is 5.74. The van der Waals surface area contributed by atoms with Crippen LogP contribution in [0.4, 0.5) is 0 Å². The van der Waals surface area contributed by atoms with Crippen molar-refractivity contribution in [3.05, 3.63) is 158 Å². The molecular weight excluding hydrogens is 997 g/mol. The molecule has 0 amide bonds. The molecule has 1 rings (SSSR count). The number of esters is 3. The quantitative estimate of drug-likeness (QED) is 0.0228. The molecule has 0 aliphatic carbocycles. The number of aliphatic hydroxyl groups excluding tert-OH is 2. The standard InChI is InChI=1S/C67H100O12/c1-4-7-10-13-16-19-22-25-27-29-30-32-33-36-38-41-44-47-50-53-59(68)75-56-58(77-60(69)54-51-48-45-42-39-35-24-21-18-15-12-9-6-3)57-76-67-65(63(72)62(71)64(79-67)66(73)74)78-61(70)55-52-49-46-43-40-37-34-31-28-26-23-20-17-14-11-8-5-2/h7-12,16-21,25-28,30,32,34-39,43,46,58,62-65,67,71-72H,4-6,13-15,22-24,29,31,33,40-42,44-45,47-57H2,1-3H3,(H,73,74)/b10-7-,11-8-,12-9-,19-16-,20-17-,21-18-,27-25-,28-26-,32-30-,37-34-,38-36-,39-35-,46-43-. The number of ether oxygens (including phenoxy) is 5. The first-order valence-electron chi connectivity index (χ1n) is 29.5. The average molecular weight is 1100 g/mol. The van der Waals surface area contributed by atoms with Crippen LogP contribution in [0.5, 0.6) is 0 Å². The zero-order valence-corrected chi connectivity index (χ0v) is 48.3. The third kappa shape index (κ3) is 42.9. The van der Waals surface area contributed by atoms with Gasteiger partial charge in [0.25, 0.3) is 0 Å². The maximum Gasteiger partial charge on any atom is 0.335 e. The normalized spacial score (nSPS) is 19.0. The van der Waals surface area contributed by atoms with Gasteiger partial charge in [0.15, 0.2) is 24.6 Å². The van der Waals surface area contributed by atoms with Crippen molar-refractivity contribution in [1.29, 1.82) is 0 Å². The summed E-state index contributed by atoms with van der Waals surface area (Å²) in [7, 11) is 0. The summed E-state index contributed by atoms with van der Waals surface area (Å²) in [6.45, 7) is 5.54. The maximum atomic E-state index is 13.1. The van der Waals surface area contributed by atoms with Crippen molar-refractivity contribution >= 4 is 23.9 Å². The van der Waals surface area contributed by atoms with Crippen LogP contribution in [0.1, 0.15) is 188 Å². The Bertz CT molecular complexity index is 1980. The predicted octanol–water partition coefficient (Wildman–Crippen LogP) is 15.3. The van der Waals surface area contributed by atoms with E-state index in [2.05, 4.69) is 167 Å². The fourth-order valence-electron chi connectivity index (χ4n) is 7.68. The molecule has 0 saturated carbocycles. The van der Waals surface area contributed by atoms with Crippen LogP contribution in [0, 0.1) is 0 Å². The molecule has 0 bridgehead atoms. The summed E-state index contributed by atoms with van der Waals surface area (Å²) >= 11 is 0. The summed E-state index contributed by atoms with van der Waals surface area (Å²) in [5.74, 6) is -3.31. The zero-order valence-electron chi connectivity index (χ0n) is 48.3. The van der Waals surface area contributed by atoms with Gasteiger partial charge >= 0.3 is 23.9 Å². The molecule has 12 nitrogen and oxygen atoms in total. The lowest BCUT2D eigenvalue weighted by Crippen LogP contribution is -2.61. The summed E-state index contributed by atoms with van der Waals surface area (Å²) in [6.07, 6.45) is 65.1. The lowest BCUT2D eigenvalue weighted by Gasteiger charge is -2.40. The summed E-state index contributed by atoms with van der Waals surface area (Å²) in [6, 6.07) is 0. The molecule has 0 aromatic carbocycles. The van der Waals surface area contributed by atoms with Crippen molar-refractivity contribution in [3.63, 3.8) is 0 Å². The fraction of sp³-hybridized carbons (Fsp3) is 0.552. The molecule has 0 aromatic heterocycles. The Hall–Kier alpha value is -5.66. The number of unbranched alkanes of at least 4 members (excludes halogenated alkanes) is 7. The highest BCUT2D eigenvalue weighted by atomic mass is 16.7. The second-order valence-corrected chi connectivity index (χ2v) is 19.1. The van der Waals surface area contributed by atoms with Gasteiger partial charge in [0.2, 0.25) is 0 Å². The first kappa shape index (κ1) is 71.4. The Morgan fingerprint density at radius 1 is 0.418 bits per heavy atom. The van der Waals surface area contributed by atoms with Gasteiger partial charge in [0.1, 0.15) is 18.8 Å². The second kappa shape index (κ2) is 53.0. The van der Waals surface area contributed by atoms with E-state index in [0.717, 1.165) is 122 Å². The van der Waals surface area contributed by atoms with Gasteiger partial charge < -0.3 is 39.0 Å². The van der Waals surface area contributed by atoms with Crippen LogP contribution in [-0.4, -0.2) is 89.2 Å². The van der Waals surface area contributed by atoms with Crippen LogP contribution in [0.2, 0.25) is 0 Å². The highest BCUT2D eigenvalue weighted by Gasteiger charge is 2.50. The maximum absolute atomic E-state index is 13.1. The first-order valence-corrected chi connectivity index (χ1v) is 29.5. The molecule has 1 fully saturated rings. The number of hydrogen-bond donors (Lipinski definition) is 3. The van der Waals surface area contributed by atoms with E-state index in [1.165, 1.54) is 0 Å². The second-order valence-electron chi connectivity index (χ2n) is 19.1. The molecule has 0 aromatic rings. The van der Waals surface area contributed by atoms with Gasteiger partial charge in [0, 0.05) is 19.3 Å². The van der Waals surface area contributed by atoms with E-state index in [1.54, 1.807) is 0 Å². The Morgan fingerprint density at radius 3 is 1.16 bits per heavy atom. The number of carboxylic acid groups (broad SMARTS) is 1. The molecule has 1 heterocycles. The predicted molar refractivity (Wildman–Crippen MR) is 321 cm³/mol. The Kier molecular flexibility index (Phi) is 47.9. The van der Waals surface area contributed by atoms with E-state index in [-0.39, 0.29) is 25.9 Å². The minimum Gasteiger partial charge on any atom is -0.479 e. The number of aliphatic carboxylic acids is 1. The van der Waals surface area contributed by atoms with Crippen LogP contribution in [0.25, 0.3) is 0 Å². The number of allylic oxidation sites excluding steroid dienone is 26. The van der Waals surface area contributed by atoms with Crippen LogP contribution in [0.15, 0.2) is 158 Å². The molecular formula is C67H100O12. The molecule has 0 spiro atoms. The number of hydrogen-bond acceptors (Lipinski definition) is 11. The minimum atomic E-state index is -1.94. The third-order valence-corrected chi connectivity index (χ3v) is 12.1. The van der Waals surface area contributed by atoms with E-state index in [0.29, 0.717) is 25.7 Å². The molecule has 440 valence electrons. The first-order chi connectivity index (χ1) is 38.6. The van der Waals surface area contributed by atoms with Crippen molar-refractivity contribution in [2.45, 2.75) is 225 Å². The number of rotatable bonds is 47. The molecule has 6 unspecified atom stereocenters. The number of aliphatic hydroxyl groups is 2. The van der Waals surface area contributed by atoms with Crippen molar-refractivity contribution in [3.8, 4) is 0 Å². The largest absolute Gasteiger partial charge is 0.479 e. The summed E-state index contributed by atoms with van der Waals surface area (Å²) < 4.78 is 28.3. The molecule has 1 saturated heterocycles. The molecule has 0 radical (unpaired) electrons. The van der Waals surface area contributed by atoms with Gasteiger partial charge in [-0.25, -0.2) is 4.79 Å². The zero-order chi connectivity index (χ0) is 57.5. The number of carbonyl (C=O) groups excluding carboxylic acids is 3. The lowest BCUT2D eigenvalue weighted by atomic mass is 9.98. The van der Waals surface area contributed by atoms with Crippen LogP contribution in [-0.2, 0) is 42.9 Å². The summed E-state index contributed by atoms with van der Waals surface area (Å²) in [4.78, 5) is 51.1. The van der Waals surface area contributed by atoms with Crippen LogP contribution >= 0.6 is 0 Å². The summed E-state index contributed by atoms with van der Waals surface area (Å²) in [5.41, 5.74) is 0. The molecule has 12 heteroatoms. The van der Waals surface area contributed by atoms with Gasteiger partial charge in [-0.3, -0.25) is 14.4 Å². The highest BCUT2D eigenvalue weighted by Crippen LogP contribution is 2.26. The van der Waals surface area contributed by atoms with E-state index >= 15 is 0 Å². The monoisotopic (exact) mass is 1100 g/mol. The van der Waals surface area contributed by atoms with Crippen molar-refractivity contribution in [2.24, 2.45) is 0 Å². The van der Waals surface area contributed by atoms with Gasteiger partial charge in [0.05, 0.1) is 6.61 Å². The Labute approximate surface area is 475 Å². The number of carbonyl (C=O) groups is 4. The third-order valence-electron chi connectivity index (χ3n) is 12.1. The van der Waals surface area contributed by atoms with Crippen molar-refractivity contribution in [2.75, 3.05) is 13.2 Å². The molecule has 6 atom stereocenters. The van der Waals surface area contributed by atoms with E-state index < -0.39 is 67.3 Å². The van der Waals surface area contributed by atoms with E-state index in [4.69, 9.17) is 23.7 Å². The average Bonchev–Trinajstić information content (AvgIpc) is 3.47. The lowest BCUT2D eigenvalue weighted by molar-refractivity contribution is -0.301. The Balaban J connectivity index is 2.77. The molecule has 1 aliphatic heterocycles. The fourth-order valence-corrected chi connectivity index (χ4v) is 7.68. The number of carboxylic acids is 1. The van der Waals surface area contributed by atoms with Crippen LogP contribution < -0.4 is 0 Å². The SMILES string of the molecule is CC/C=C\C/C=C\C/C=C\C/C=C\C/C=C\CCCCCC(=O)OCC(COC1OC(C(=O)O)C(O)C(O)C1OC(=O)CCC/C=C\C/C=C\C/C=C\C/C=C\C/C=C\CC)OC(=O)CCCCC/C=C\C/C=C\C/C=C\CC. The van der Waals surface area contributed by atoms with Gasteiger partial charge in [-0.2, -0.15) is 0 Å². The summed E-state index contributed by atoms with van der Waals surface area (Å²) in [5, 5.41) is 31.5. The molecule has 79 heavy (non-hydrogen) atoms. The van der Waals surface area contributed by atoms with Gasteiger partial charge in [-0.1, -0.05) is 192 Å². The van der Waals surface area contributed by atoms with Crippen molar-refractivity contribution < 1.29 is 58.2 Å². The van der Waals surface area contributed by atoms with Crippen molar-refractivity contribution in [1.82, 2.24) is 0 Å². The van der Waals surface area contributed by atoms with Gasteiger partial charge in [-0.15, -0.1) is 0 Å².